The molecule has 0 aliphatic carbocycles. The molecule has 19 heavy (non-hydrogen) atoms. The number of likely N-dealkylation sites (tertiary alicyclic amines) is 1. The lowest BCUT2D eigenvalue weighted by Crippen LogP contribution is -2.32. The fourth-order valence-electron chi connectivity index (χ4n) is 2.50. The molecule has 0 bridgehead atoms. The van der Waals surface area contributed by atoms with E-state index < -0.39 is 0 Å². The summed E-state index contributed by atoms with van der Waals surface area (Å²) in [5.41, 5.74) is 2.47. The number of aromatic nitrogens is 3. The fourth-order valence-corrected chi connectivity index (χ4v) is 2.50. The predicted molar refractivity (Wildman–Crippen MR) is 73.1 cm³/mol. The first-order valence-corrected chi connectivity index (χ1v) is 6.50. The SMILES string of the molecule is Cc1nn(C)c2ncc(NC(=O)N3CCCC3)cc12. The molecule has 3 rings (SSSR count). The molecule has 0 spiro atoms. The van der Waals surface area contributed by atoms with Crippen molar-refractivity contribution in [3.8, 4) is 0 Å². The van der Waals surface area contributed by atoms with E-state index in [1.165, 1.54) is 0 Å². The van der Waals surface area contributed by atoms with Gasteiger partial charge >= 0.3 is 6.03 Å². The summed E-state index contributed by atoms with van der Waals surface area (Å²) < 4.78 is 1.75. The van der Waals surface area contributed by atoms with Crippen LogP contribution in [0.3, 0.4) is 0 Å². The molecule has 0 saturated carbocycles. The van der Waals surface area contributed by atoms with Crippen LogP contribution < -0.4 is 5.32 Å². The lowest BCUT2D eigenvalue weighted by Gasteiger charge is -2.15. The molecular weight excluding hydrogens is 242 g/mol. The summed E-state index contributed by atoms with van der Waals surface area (Å²) >= 11 is 0. The van der Waals surface area contributed by atoms with Gasteiger partial charge in [-0.1, -0.05) is 0 Å². The monoisotopic (exact) mass is 259 g/mol. The average molecular weight is 259 g/mol. The van der Waals surface area contributed by atoms with Gasteiger partial charge in [0.05, 0.1) is 17.6 Å². The third-order valence-corrected chi connectivity index (χ3v) is 3.51. The number of carbonyl (C=O) groups excluding carboxylic acids is 1. The van der Waals surface area contributed by atoms with Crippen molar-refractivity contribution in [2.75, 3.05) is 18.4 Å². The van der Waals surface area contributed by atoms with Crippen molar-refractivity contribution in [1.29, 1.82) is 0 Å². The molecule has 6 nitrogen and oxygen atoms in total. The topological polar surface area (TPSA) is 63.1 Å². The molecule has 1 aliphatic rings. The highest BCUT2D eigenvalue weighted by Crippen LogP contribution is 2.20. The number of nitrogens with one attached hydrogen (secondary N) is 1. The van der Waals surface area contributed by atoms with Gasteiger partial charge in [0.2, 0.25) is 0 Å². The van der Waals surface area contributed by atoms with E-state index in [1.54, 1.807) is 10.9 Å². The first-order valence-electron chi connectivity index (χ1n) is 6.50. The quantitative estimate of drug-likeness (QED) is 0.850. The zero-order valence-electron chi connectivity index (χ0n) is 11.2. The summed E-state index contributed by atoms with van der Waals surface area (Å²) in [6, 6.07) is 1.89. The first kappa shape index (κ1) is 12.0. The van der Waals surface area contributed by atoms with Crippen molar-refractivity contribution in [2.24, 2.45) is 7.05 Å². The second-order valence-corrected chi connectivity index (χ2v) is 4.93. The minimum Gasteiger partial charge on any atom is -0.325 e. The van der Waals surface area contributed by atoms with Gasteiger partial charge in [0.1, 0.15) is 0 Å². The maximum atomic E-state index is 12.0. The Balaban J connectivity index is 1.85. The number of hydrogen-bond acceptors (Lipinski definition) is 3. The van der Waals surface area contributed by atoms with Crippen LogP contribution in [0.2, 0.25) is 0 Å². The van der Waals surface area contributed by atoms with Gasteiger partial charge in [-0.05, 0) is 25.8 Å². The van der Waals surface area contributed by atoms with Gasteiger partial charge in [0, 0.05) is 25.5 Å². The van der Waals surface area contributed by atoms with Gasteiger partial charge in [-0.15, -0.1) is 0 Å². The van der Waals surface area contributed by atoms with Crippen LogP contribution >= 0.6 is 0 Å². The van der Waals surface area contributed by atoms with Crippen molar-refractivity contribution in [3.63, 3.8) is 0 Å². The number of pyridine rings is 1. The summed E-state index contributed by atoms with van der Waals surface area (Å²) in [6.45, 7) is 3.62. The van der Waals surface area contributed by atoms with Crippen molar-refractivity contribution >= 4 is 22.8 Å². The van der Waals surface area contributed by atoms with E-state index in [4.69, 9.17) is 0 Å². The number of rotatable bonds is 1. The molecule has 0 unspecified atom stereocenters. The van der Waals surface area contributed by atoms with E-state index in [0.29, 0.717) is 0 Å². The zero-order chi connectivity index (χ0) is 13.4. The molecule has 0 aromatic carbocycles. The predicted octanol–water partition coefficient (Wildman–Crippen LogP) is 1.90. The largest absolute Gasteiger partial charge is 0.325 e. The standard InChI is InChI=1S/C13H17N5O/c1-9-11-7-10(8-14-12(11)17(2)16-9)15-13(19)18-5-3-4-6-18/h7-8H,3-6H2,1-2H3,(H,15,19). The minimum atomic E-state index is -0.0415. The van der Waals surface area contributed by atoms with Crippen LogP contribution in [0, 0.1) is 6.92 Å². The molecular formula is C13H17N5O. The molecule has 2 amide bonds. The number of urea groups is 1. The van der Waals surface area contributed by atoms with E-state index in [-0.39, 0.29) is 6.03 Å². The number of hydrogen-bond donors (Lipinski definition) is 1. The molecule has 2 aromatic heterocycles. The molecule has 2 aromatic rings. The van der Waals surface area contributed by atoms with Crippen LogP contribution in [-0.4, -0.2) is 38.8 Å². The number of anilines is 1. The normalized spacial score (nSPS) is 15.2. The maximum absolute atomic E-state index is 12.0. The highest BCUT2D eigenvalue weighted by Gasteiger charge is 2.18. The summed E-state index contributed by atoms with van der Waals surface area (Å²) in [5.74, 6) is 0. The Morgan fingerprint density at radius 3 is 2.84 bits per heavy atom. The van der Waals surface area contributed by atoms with Gasteiger partial charge < -0.3 is 10.2 Å². The summed E-state index contributed by atoms with van der Waals surface area (Å²) in [7, 11) is 1.87. The lowest BCUT2D eigenvalue weighted by atomic mass is 10.2. The number of amides is 2. The minimum absolute atomic E-state index is 0.0415. The van der Waals surface area contributed by atoms with E-state index in [1.807, 2.05) is 24.9 Å². The van der Waals surface area contributed by atoms with Crippen molar-refractivity contribution < 1.29 is 4.79 Å². The molecule has 100 valence electrons. The molecule has 0 atom stereocenters. The average Bonchev–Trinajstić information content (AvgIpc) is 2.99. The van der Waals surface area contributed by atoms with Crippen LogP contribution in [0.1, 0.15) is 18.5 Å². The highest BCUT2D eigenvalue weighted by molar-refractivity contribution is 5.92. The molecule has 1 N–H and O–H groups in total. The molecule has 0 radical (unpaired) electrons. The van der Waals surface area contributed by atoms with Gasteiger partial charge in [-0.25, -0.2) is 9.78 Å². The molecule has 1 saturated heterocycles. The lowest BCUT2D eigenvalue weighted by molar-refractivity contribution is 0.222. The zero-order valence-corrected chi connectivity index (χ0v) is 11.2. The van der Waals surface area contributed by atoms with Crippen LogP contribution in [0.4, 0.5) is 10.5 Å². The summed E-state index contributed by atoms with van der Waals surface area (Å²) in [6.07, 6.45) is 3.86. The smallest absolute Gasteiger partial charge is 0.321 e. The molecule has 6 heteroatoms. The Bertz CT molecular complexity index is 627. The van der Waals surface area contributed by atoms with Crippen LogP contribution in [-0.2, 0) is 7.05 Å². The van der Waals surface area contributed by atoms with E-state index in [0.717, 1.165) is 48.3 Å². The Morgan fingerprint density at radius 1 is 1.37 bits per heavy atom. The highest BCUT2D eigenvalue weighted by atomic mass is 16.2. The Morgan fingerprint density at radius 2 is 2.11 bits per heavy atom. The number of carbonyl (C=O) groups is 1. The van der Waals surface area contributed by atoms with Crippen molar-refractivity contribution in [1.82, 2.24) is 19.7 Å². The summed E-state index contributed by atoms with van der Waals surface area (Å²) in [4.78, 5) is 18.2. The van der Waals surface area contributed by atoms with Gasteiger partial charge in [0.25, 0.3) is 0 Å². The number of nitrogens with zero attached hydrogens (tertiary/aromatic N) is 4. The van der Waals surface area contributed by atoms with Crippen molar-refractivity contribution in [2.45, 2.75) is 19.8 Å². The summed E-state index contributed by atoms with van der Waals surface area (Å²) in [5, 5.41) is 8.19. The third-order valence-electron chi connectivity index (χ3n) is 3.51. The Labute approximate surface area is 111 Å². The molecule has 1 fully saturated rings. The maximum Gasteiger partial charge on any atom is 0.321 e. The van der Waals surface area contributed by atoms with Crippen LogP contribution in [0.5, 0.6) is 0 Å². The van der Waals surface area contributed by atoms with E-state index >= 15 is 0 Å². The van der Waals surface area contributed by atoms with Crippen LogP contribution in [0.15, 0.2) is 12.3 Å². The van der Waals surface area contributed by atoms with Gasteiger partial charge in [0.15, 0.2) is 5.65 Å². The number of fused-ring (bicyclic) bond motifs is 1. The second kappa shape index (κ2) is 4.53. The Hall–Kier alpha value is -2.11. The van der Waals surface area contributed by atoms with E-state index in [2.05, 4.69) is 15.4 Å². The third kappa shape index (κ3) is 2.14. The van der Waals surface area contributed by atoms with Crippen LogP contribution in [0.25, 0.3) is 11.0 Å². The van der Waals surface area contributed by atoms with Gasteiger partial charge in [-0.2, -0.15) is 5.10 Å². The fraction of sp³-hybridized carbons (Fsp3) is 0.462. The molecule has 1 aliphatic heterocycles. The Kier molecular flexibility index (Phi) is 2.85. The van der Waals surface area contributed by atoms with Gasteiger partial charge in [-0.3, -0.25) is 4.68 Å². The van der Waals surface area contributed by atoms with Crippen molar-refractivity contribution in [3.05, 3.63) is 18.0 Å². The molecule has 3 heterocycles. The first-order chi connectivity index (χ1) is 9.15. The second-order valence-electron chi connectivity index (χ2n) is 4.93. The number of aryl methyl sites for hydroxylation is 2. The van der Waals surface area contributed by atoms with E-state index in [9.17, 15) is 4.79 Å².